The monoisotopic (exact) mass is 479 g/mol. The van der Waals surface area contributed by atoms with Gasteiger partial charge in [0.05, 0.1) is 10.0 Å². The number of alkyl halides is 1. The summed E-state index contributed by atoms with van der Waals surface area (Å²) >= 11 is 17.6. The topological polar surface area (TPSA) is 55.4 Å². The zero-order valence-electron chi connectivity index (χ0n) is 16.1. The lowest BCUT2D eigenvalue weighted by molar-refractivity contribution is 0.0787. The number of carbonyl (C=O) groups excluding carboxylic acids is 2. The van der Waals surface area contributed by atoms with Gasteiger partial charge >= 0.3 is 0 Å². The Morgan fingerprint density at radius 2 is 1.55 bits per heavy atom. The maximum Gasteiger partial charge on any atom is 0.255 e. The molecule has 0 saturated heterocycles. The van der Waals surface area contributed by atoms with Crippen molar-refractivity contribution in [3.8, 4) is 5.75 Å². The molecular formula is C23H17Cl3FNO3. The number of amides is 1. The zero-order chi connectivity index (χ0) is 22.4. The van der Waals surface area contributed by atoms with Gasteiger partial charge < -0.3 is 10.1 Å². The third-order valence-electron chi connectivity index (χ3n) is 4.36. The smallest absolute Gasteiger partial charge is 0.255 e. The minimum absolute atomic E-state index is 0.218. The van der Waals surface area contributed by atoms with E-state index in [1.807, 2.05) is 0 Å². The first-order chi connectivity index (χ1) is 14.9. The molecule has 0 aliphatic heterocycles. The molecule has 0 bridgehead atoms. The second kappa shape index (κ2) is 10.6. The minimum atomic E-state index is -0.820. The van der Waals surface area contributed by atoms with E-state index in [2.05, 4.69) is 5.32 Å². The van der Waals surface area contributed by atoms with E-state index in [1.54, 1.807) is 36.4 Å². The molecule has 31 heavy (non-hydrogen) atoms. The van der Waals surface area contributed by atoms with Gasteiger partial charge in [-0.3, -0.25) is 9.59 Å². The summed E-state index contributed by atoms with van der Waals surface area (Å²) in [6, 6.07) is 16.4. The number of rotatable bonds is 8. The number of carbonyl (C=O) groups is 2. The maximum atomic E-state index is 13.1. The van der Waals surface area contributed by atoms with Crippen LogP contribution in [0.2, 0.25) is 10.0 Å². The minimum Gasteiger partial charge on any atom is -0.482 e. The van der Waals surface area contributed by atoms with Gasteiger partial charge in [0.1, 0.15) is 11.6 Å². The Morgan fingerprint density at radius 1 is 0.903 bits per heavy atom. The summed E-state index contributed by atoms with van der Waals surface area (Å²) in [5.74, 6) is -0.422. The molecule has 4 nitrogen and oxygen atoms in total. The molecule has 1 unspecified atom stereocenters. The Kier molecular flexibility index (Phi) is 7.91. The Balaban J connectivity index is 1.67. The van der Waals surface area contributed by atoms with E-state index in [0.29, 0.717) is 27.6 Å². The highest BCUT2D eigenvalue weighted by molar-refractivity contribution is 6.42. The van der Waals surface area contributed by atoms with Crippen LogP contribution in [-0.4, -0.2) is 23.7 Å². The van der Waals surface area contributed by atoms with Gasteiger partial charge in [0.2, 0.25) is 5.78 Å². The SMILES string of the molecule is O=C(Nc1ccc(OC(CCCl)C(=O)c2ccc(F)cc2)cc1)c1ccc(Cl)c(Cl)c1. The summed E-state index contributed by atoms with van der Waals surface area (Å²) in [7, 11) is 0. The van der Waals surface area contributed by atoms with Crippen LogP contribution in [0.25, 0.3) is 0 Å². The van der Waals surface area contributed by atoms with Crippen molar-refractivity contribution < 1.29 is 18.7 Å². The Bertz CT molecular complexity index is 1070. The van der Waals surface area contributed by atoms with Gasteiger partial charge in [-0.15, -0.1) is 11.6 Å². The quantitative estimate of drug-likeness (QED) is 0.290. The van der Waals surface area contributed by atoms with E-state index in [0.717, 1.165) is 0 Å². The van der Waals surface area contributed by atoms with E-state index >= 15 is 0 Å². The third kappa shape index (κ3) is 6.20. The predicted molar refractivity (Wildman–Crippen MR) is 121 cm³/mol. The molecule has 0 saturated carbocycles. The highest BCUT2D eigenvalue weighted by Gasteiger charge is 2.22. The molecule has 3 aromatic carbocycles. The number of hydrogen-bond donors (Lipinski definition) is 1. The van der Waals surface area contributed by atoms with Crippen LogP contribution in [0.3, 0.4) is 0 Å². The normalized spacial score (nSPS) is 11.6. The van der Waals surface area contributed by atoms with Gasteiger partial charge in [-0.25, -0.2) is 4.39 Å². The lowest BCUT2D eigenvalue weighted by atomic mass is 10.0. The number of hydrogen-bond acceptors (Lipinski definition) is 3. The number of benzene rings is 3. The van der Waals surface area contributed by atoms with Crippen LogP contribution < -0.4 is 10.1 Å². The van der Waals surface area contributed by atoms with Crippen molar-refractivity contribution in [3.63, 3.8) is 0 Å². The molecule has 0 aliphatic rings. The van der Waals surface area contributed by atoms with Crippen molar-refractivity contribution in [2.24, 2.45) is 0 Å². The molecule has 8 heteroatoms. The van der Waals surface area contributed by atoms with Crippen LogP contribution in [-0.2, 0) is 0 Å². The van der Waals surface area contributed by atoms with Crippen LogP contribution in [0.4, 0.5) is 10.1 Å². The fourth-order valence-electron chi connectivity index (χ4n) is 2.76. The van der Waals surface area contributed by atoms with Gasteiger partial charge in [0.25, 0.3) is 5.91 Å². The van der Waals surface area contributed by atoms with Crippen molar-refractivity contribution in [2.45, 2.75) is 12.5 Å². The van der Waals surface area contributed by atoms with E-state index in [9.17, 15) is 14.0 Å². The Labute approximate surface area is 193 Å². The highest BCUT2D eigenvalue weighted by Crippen LogP contribution is 2.24. The van der Waals surface area contributed by atoms with Crippen molar-refractivity contribution in [1.29, 1.82) is 0 Å². The number of anilines is 1. The highest BCUT2D eigenvalue weighted by atomic mass is 35.5. The van der Waals surface area contributed by atoms with E-state index in [4.69, 9.17) is 39.5 Å². The lowest BCUT2D eigenvalue weighted by Crippen LogP contribution is -2.28. The summed E-state index contributed by atoms with van der Waals surface area (Å²) in [5, 5.41) is 3.39. The average Bonchev–Trinajstić information content (AvgIpc) is 2.76. The summed E-state index contributed by atoms with van der Waals surface area (Å²) < 4.78 is 18.9. The summed E-state index contributed by atoms with van der Waals surface area (Å²) in [6.07, 6.45) is -0.535. The van der Waals surface area contributed by atoms with Crippen LogP contribution in [0.5, 0.6) is 5.75 Å². The largest absolute Gasteiger partial charge is 0.482 e. The fourth-order valence-corrected chi connectivity index (χ4v) is 3.26. The average molecular weight is 481 g/mol. The van der Waals surface area contributed by atoms with E-state index in [1.165, 1.54) is 30.3 Å². The number of Topliss-reactive ketones (excluding diaryl/α,β-unsaturated/α-hetero) is 1. The molecule has 0 radical (unpaired) electrons. The molecule has 0 aromatic heterocycles. The second-order valence-electron chi connectivity index (χ2n) is 6.56. The molecule has 3 rings (SSSR count). The number of nitrogens with one attached hydrogen (secondary N) is 1. The lowest BCUT2D eigenvalue weighted by Gasteiger charge is -2.17. The zero-order valence-corrected chi connectivity index (χ0v) is 18.3. The molecule has 0 heterocycles. The summed E-state index contributed by atoms with van der Waals surface area (Å²) in [5.41, 5.74) is 1.23. The van der Waals surface area contributed by atoms with Gasteiger partial charge in [0.15, 0.2) is 6.10 Å². The Morgan fingerprint density at radius 3 is 2.16 bits per heavy atom. The molecule has 0 spiro atoms. The summed E-state index contributed by atoms with van der Waals surface area (Å²) in [4.78, 5) is 25.1. The first kappa shape index (κ1) is 23.1. The van der Waals surface area contributed by atoms with Crippen LogP contribution in [0.15, 0.2) is 66.7 Å². The molecular weight excluding hydrogens is 464 g/mol. The van der Waals surface area contributed by atoms with E-state index in [-0.39, 0.29) is 29.0 Å². The molecule has 0 aliphatic carbocycles. The standard InChI is InChI=1S/C23H17Cl3FNO3/c24-12-11-21(22(29)14-1-4-16(27)5-2-14)31-18-8-6-17(7-9-18)28-23(30)15-3-10-19(25)20(26)13-15/h1-10,13,21H,11-12H2,(H,28,30). The van der Waals surface area contributed by atoms with Crippen LogP contribution >= 0.6 is 34.8 Å². The third-order valence-corrected chi connectivity index (χ3v) is 5.32. The first-order valence-corrected chi connectivity index (χ1v) is 10.6. The number of ether oxygens (including phenoxy) is 1. The van der Waals surface area contributed by atoms with Gasteiger partial charge in [0, 0.05) is 29.1 Å². The molecule has 3 aromatic rings. The predicted octanol–water partition coefficient (Wildman–Crippen LogP) is 6.64. The number of ketones is 1. The van der Waals surface area contributed by atoms with Crippen molar-refractivity contribution >= 4 is 52.2 Å². The molecule has 0 fully saturated rings. The van der Waals surface area contributed by atoms with Crippen LogP contribution in [0, 0.1) is 5.82 Å². The van der Waals surface area contributed by atoms with Crippen molar-refractivity contribution in [2.75, 3.05) is 11.2 Å². The second-order valence-corrected chi connectivity index (χ2v) is 7.76. The molecule has 1 atom stereocenters. The van der Waals surface area contributed by atoms with Crippen molar-refractivity contribution in [1.82, 2.24) is 0 Å². The van der Waals surface area contributed by atoms with Crippen molar-refractivity contribution in [3.05, 3.63) is 93.7 Å². The van der Waals surface area contributed by atoms with Crippen LogP contribution in [0.1, 0.15) is 27.1 Å². The summed E-state index contributed by atoms with van der Waals surface area (Å²) in [6.45, 7) is 0. The number of halogens is 4. The van der Waals surface area contributed by atoms with Gasteiger partial charge in [-0.2, -0.15) is 0 Å². The van der Waals surface area contributed by atoms with Gasteiger partial charge in [-0.05, 0) is 66.7 Å². The van der Waals surface area contributed by atoms with E-state index < -0.39 is 11.9 Å². The first-order valence-electron chi connectivity index (χ1n) is 9.26. The van der Waals surface area contributed by atoms with Gasteiger partial charge in [-0.1, -0.05) is 23.2 Å². The molecule has 1 N–H and O–H groups in total. The molecule has 160 valence electrons. The fraction of sp³-hybridized carbons (Fsp3) is 0.130. The Hall–Kier alpha value is -2.60. The molecule has 1 amide bonds. The maximum absolute atomic E-state index is 13.1.